The summed E-state index contributed by atoms with van der Waals surface area (Å²) in [4.78, 5) is 0. The molecular weight excluding hydrogens is 646 g/mol. The number of halogens is 6. The lowest BCUT2D eigenvalue weighted by molar-refractivity contribution is -0.139. The van der Waals surface area contributed by atoms with Crippen LogP contribution in [-0.2, 0) is 12.4 Å². The normalized spacial score (nSPS) is 12.6. The zero-order valence-electron chi connectivity index (χ0n) is 27.6. The fraction of sp³-hybridized carbons (Fsp3) is 0.143. The van der Waals surface area contributed by atoms with Crippen molar-refractivity contribution < 1.29 is 26.3 Å². The van der Waals surface area contributed by atoms with Crippen LogP contribution in [0.3, 0.4) is 0 Å². The van der Waals surface area contributed by atoms with E-state index in [1.165, 1.54) is 24.3 Å². The molecule has 8 aromatic rings. The Hall–Kier alpha value is -5.50. The monoisotopic (exact) mass is 676 g/mol. The predicted octanol–water partition coefficient (Wildman–Crippen LogP) is 12.8. The van der Waals surface area contributed by atoms with E-state index in [4.69, 9.17) is 0 Å². The second kappa shape index (κ2) is 11.0. The van der Waals surface area contributed by atoms with Crippen molar-refractivity contribution in [1.82, 2.24) is 9.13 Å². The molecule has 2 heterocycles. The first-order valence-corrected chi connectivity index (χ1v) is 16.2. The molecule has 2 aromatic heterocycles. The Labute approximate surface area is 283 Å². The second-order valence-corrected chi connectivity index (χ2v) is 13.2. The molecule has 0 unspecified atom stereocenters. The van der Waals surface area contributed by atoms with Crippen LogP contribution in [0.5, 0.6) is 0 Å². The van der Waals surface area contributed by atoms with Gasteiger partial charge in [-0.1, -0.05) is 48.5 Å². The SMILES string of the molecule is Cc1ccc2c3ccc(C)cc3n(-c3ccc(C(F)(F)F)c(-c4cc(-n5c6cc(C)ccc6c6ccc(C)cc65)ccc4C(F)(F)F)c3)c2c1. The molecule has 2 nitrogen and oxygen atoms in total. The number of rotatable bonds is 3. The molecule has 0 N–H and O–H groups in total. The number of hydrogen-bond acceptors (Lipinski definition) is 0. The van der Waals surface area contributed by atoms with Crippen LogP contribution in [0.2, 0.25) is 0 Å². The Morgan fingerprint density at radius 1 is 0.360 bits per heavy atom. The first-order valence-electron chi connectivity index (χ1n) is 16.2. The van der Waals surface area contributed by atoms with Gasteiger partial charge in [0.2, 0.25) is 0 Å². The molecule has 0 bridgehead atoms. The Morgan fingerprint density at radius 2 is 0.640 bits per heavy atom. The van der Waals surface area contributed by atoms with Crippen LogP contribution in [0.1, 0.15) is 33.4 Å². The van der Waals surface area contributed by atoms with Crippen molar-refractivity contribution in [2.45, 2.75) is 40.0 Å². The van der Waals surface area contributed by atoms with Gasteiger partial charge < -0.3 is 9.13 Å². The third-order valence-corrected chi connectivity index (χ3v) is 9.58. The lowest BCUT2D eigenvalue weighted by Crippen LogP contribution is -2.12. The molecule has 0 atom stereocenters. The highest BCUT2D eigenvalue weighted by Crippen LogP contribution is 2.46. The van der Waals surface area contributed by atoms with Crippen molar-refractivity contribution in [3.05, 3.63) is 143 Å². The average Bonchev–Trinajstić information content (AvgIpc) is 3.53. The molecule has 6 aromatic carbocycles. The van der Waals surface area contributed by atoms with Crippen molar-refractivity contribution in [3.63, 3.8) is 0 Å². The smallest absolute Gasteiger partial charge is 0.309 e. The quantitative estimate of drug-likeness (QED) is 0.165. The largest absolute Gasteiger partial charge is 0.417 e. The van der Waals surface area contributed by atoms with Crippen molar-refractivity contribution >= 4 is 43.6 Å². The van der Waals surface area contributed by atoms with Gasteiger partial charge in [0.25, 0.3) is 0 Å². The summed E-state index contributed by atoms with van der Waals surface area (Å²) in [6, 6.07) is 30.4. The fourth-order valence-electron chi connectivity index (χ4n) is 7.32. The van der Waals surface area contributed by atoms with Crippen LogP contribution < -0.4 is 0 Å². The Bertz CT molecular complexity index is 2370. The molecule has 8 heteroatoms. The topological polar surface area (TPSA) is 9.86 Å². The highest BCUT2D eigenvalue weighted by Gasteiger charge is 2.39. The number of aryl methyl sites for hydroxylation is 4. The third-order valence-electron chi connectivity index (χ3n) is 9.58. The van der Waals surface area contributed by atoms with Crippen molar-refractivity contribution in [3.8, 4) is 22.5 Å². The minimum atomic E-state index is -4.93. The number of nitrogens with zero attached hydrogens (tertiary/aromatic N) is 2. The Balaban J connectivity index is 1.47. The van der Waals surface area contributed by atoms with Gasteiger partial charge in [-0.2, -0.15) is 26.3 Å². The molecule has 0 saturated heterocycles. The molecule has 50 heavy (non-hydrogen) atoms. The molecule has 0 aliphatic rings. The van der Waals surface area contributed by atoms with E-state index in [0.717, 1.165) is 78.0 Å². The maximum absolute atomic E-state index is 14.8. The standard InChI is InChI=1S/C42H30F6N2/c1-23-5-11-29-30-12-6-24(2)18-38(30)49(37(29)17-23)27-9-15-35(41(43,44)45)33(21-27)34-22-28(10-16-36(34)42(46,47)48)50-39-19-25(3)7-13-31(39)32-14-8-26(4)20-40(32)50/h5-22H,1-4H3. The van der Waals surface area contributed by atoms with Gasteiger partial charge in [-0.3, -0.25) is 0 Å². The number of alkyl halides is 6. The van der Waals surface area contributed by atoms with E-state index in [1.54, 1.807) is 0 Å². The summed E-state index contributed by atoms with van der Waals surface area (Å²) >= 11 is 0. The van der Waals surface area contributed by atoms with Crippen LogP contribution in [0, 0.1) is 27.7 Å². The summed E-state index contributed by atoms with van der Waals surface area (Å²) in [5.74, 6) is 0. The summed E-state index contributed by atoms with van der Waals surface area (Å²) in [5.41, 5.74) is 4.00. The van der Waals surface area contributed by atoms with E-state index in [1.807, 2.05) is 110 Å². The van der Waals surface area contributed by atoms with Crippen LogP contribution in [-0.4, -0.2) is 9.13 Å². The molecule has 0 saturated carbocycles. The molecule has 0 radical (unpaired) electrons. The zero-order chi connectivity index (χ0) is 35.3. The van der Waals surface area contributed by atoms with Crippen LogP contribution in [0.15, 0.2) is 109 Å². The summed E-state index contributed by atoms with van der Waals surface area (Å²) in [7, 11) is 0. The minimum absolute atomic E-state index is 0.325. The summed E-state index contributed by atoms with van der Waals surface area (Å²) in [5, 5.41) is 3.56. The van der Waals surface area contributed by atoms with E-state index in [2.05, 4.69) is 0 Å². The van der Waals surface area contributed by atoms with Gasteiger partial charge in [0, 0.05) is 32.9 Å². The summed E-state index contributed by atoms with van der Waals surface area (Å²) in [6.45, 7) is 7.68. The molecule has 250 valence electrons. The van der Waals surface area contributed by atoms with E-state index in [0.29, 0.717) is 11.4 Å². The van der Waals surface area contributed by atoms with Crippen molar-refractivity contribution in [2.75, 3.05) is 0 Å². The van der Waals surface area contributed by atoms with Crippen LogP contribution >= 0.6 is 0 Å². The first-order chi connectivity index (χ1) is 23.7. The highest BCUT2D eigenvalue weighted by atomic mass is 19.4. The van der Waals surface area contributed by atoms with E-state index in [-0.39, 0.29) is 0 Å². The third kappa shape index (κ3) is 5.04. The van der Waals surface area contributed by atoms with E-state index < -0.39 is 34.6 Å². The average molecular weight is 677 g/mol. The molecule has 0 aliphatic heterocycles. The Kier molecular flexibility index (Phi) is 6.99. The molecule has 0 spiro atoms. The first kappa shape index (κ1) is 31.7. The maximum Gasteiger partial charge on any atom is 0.417 e. The minimum Gasteiger partial charge on any atom is -0.309 e. The molecular formula is C42H30F6N2. The molecule has 8 rings (SSSR count). The van der Waals surface area contributed by atoms with E-state index >= 15 is 0 Å². The van der Waals surface area contributed by atoms with Gasteiger partial charge in [0.15, 0.2) is 0 Å². The zero-order valence-corrected chi connectivity index (χ0v) is 27.6. The predicted molar refractivity (Wildman–Crippen MR) is 190 cm³/mol. The number of hydrogen-bond donors (Lipinski definition) is 0. The van der Waals surface area contributed by atoms with Gasteiger partial charge in [-0.05, 0) is 122 Å². The van der Waals surface area contributed by atoms with Gasteiger partial charge in [-0.15, -0.1) is 0 Å². The van der Waals surface area contributed by atoms with E-state index in [9.17, 15) is 26.3 Å². The molecule has 0 amide bonds. The lowest BCUT2D eigenvalue weighted by Gasteiger charge is -2.21. The number of aromatic nitrogens is 2. The van der Waals surface area contributed by atoms with Crippen molar-refractivity contribution in [2.24, 2.45) is 0 Å². The highest BCUT2D eigenvalue weighted by molar-refractivity contribution is 6.10. The van der Waals surface area contributed by atoms with Gasteiger partial charge in [0.05, 0.1) is 33.2 Å². The van der Waals surface area contributed by atoms with Gasteiger partial charge in [-0.25, -0.2) is 0 Å². The van der Waals surface area contributed by atoms with Crippen molar-refractivity contribution in [1.29, 1.82) is 0 Å². The maximum atomic E-state index is 14.8. The molecule has 0 fully saturated rings. The lowest BCUT2D eigenvalue weighted by atomic mass is 9.93. The van der Waals surface area contributed by atoms with Crippen LogP contribution in [0.25, 0.3) is 66.1 Å². The van der Waals surface area contributed by atoms with Gasteiger partial charge in [0.1, 0.15) is 0 Å². The van der Waals surface area contributed by atoms with Gasteiger partial charge >= 0.3 is 12.4 Å². The summed E-state index contributed by atoms with van der Waals surface area (Å²) in [6.07, 6.45) is -9.86. The molecule has 0 aliphatic carbocycles. The Morgan fingerprint density at radius 3 is 0.900 bits per heavy atom. The second-order valence-electron chi connectivity index (χ2n) is 13.2. The summed E-state index contributed by atoms with van der Waals surface area (Å²) < 4.78 is 92.7. The number of benzene rings is 6. The fourth-order valence-corrected chi connectivity index (χ4v) is 7.32. The number of fused-ring (bicyclic) bond motifs is 6. The van der Waals surface area contributed by atoms with Crippen LogP contribution in [0.4, 0.5) is 26.3 Å².